The number of carbonyl (C=O) groups excluding carboxylic acids is 1. The highest BCUT2D eigenvalue weighted by Gasteiger charge is 2.22. The molecule has 0 atom stereocenters. The number of amides is 1. The summed E-state index contributed by atoms with van der Waals surface area (Å²) in [5, 5.41) is 11.8. The van der Waals surface area contributed by atoms with Gasteiger partial charge in [-0.15, -0.1) is 0 Å². The van der Waals surface area contributed by atoms with Crippen molar-refractivity contribution < 1.29 is 19.1 Å². The molecular weight excluding hydrogens is 443 g/mol. The van der Waals surface area contributed by atoms with Crippen LogP contribution in [0, 0.1) is 11.7 Å². The molecule has 2 aromatic carbocycles. The van der Waals surface area contributed by atoms with E-state index in [1.165, 1.54) is 0 Å². The average molecular weight is 465 g/mol. The molecule has 0 fully saturated rings. The largest absolute Gasteiger partial charge is 0.394 e. The summed E-state index contributed by atoms with van der Waals surface area (Å²) >= 11 is 3.36. The van der Waals surface area contributed by atoms with Crippen LogP contribution in [0.2, 0.25) is 0 Å². The van der Waals surface area contributed by atoms with Crippen molar-refractivity contribution in [2.75, 3.05) is 18.5 Å². The Morgan fingerprint density at radius 2 is 2.07 bits per heavy atom. The Labute approximate surface area is 176 Å². The molecule has 1 aromatic heterocycles. The average Bonchev–Trinajstić information content (AvgIpc) is 3.08. The predicted octanol–water partition coefficient (Wildman–Crippen LogP) is 3.99. The zero-order valence-electron chi connectivity index (χ0n) is 16.1. The quantitative estimate of drug-likeness (QED) is 0.346. The molecule has 0 aliphatic carbocycles. The van der Waals surface area contributed by atoms with Crippen LogP contribution in [0.15, 0.2) is 41.1 Å². The number of hydroxylamine groups is 1. The van der Waals surface area contributed by atoms with Gasteiger partial charge in [0.25, 0.3) is 5.91 Å². The second kappa shape index (κ2) is 9.34. The second-order valence-corrected chi connectivity index (χ2v) is 7.82. The van der Waals surface area contributed by atoms with E-state index < -0.39 is 11.7 Å². The van der Waals surface area contributed by atoms with Gasteiger partial charge in [-0.3, -0.25) is 9.63 Å². The number of imidazole rings is 1. The third kappa shape index (κ3) is 4.92. The van der Waals surface area contributed by atoms with Gasteiger partial charge in [-0.05, 0) is 36.2 Å². The molecule has 0 unspecified atom stereocenters. The van der Waals surface area contributed by atoms with E-state index in [9.17, 15) is 4.79 Å². The lowest BCUT2D eigenvalue weighted by atomic mass is 10.1. The molecule has 154 valence electrons. The van der Waals surface area contributed by atoms with E-state index in [0.29, 0.717) is 23.7 Å². The van der Waals surface area contributed by atoms with Crippen molar-refractivity contribution in [3.05, 3.63) is 52.5 Å². The smallest absolute Gasteiger partial charge is 0.277 e. The van der Waals surface area contributed by atoms with Crippen LogP contribution in [0.3, 0.4) is 0 Å². The number of rotatable bonds is 8. The lowest BCUT2D eigenvalue weighted by Crippen LogP contribution is -2.26. The maximum absolute atomic E-state index is 15.4. The minimum Gasteiger partial charge on any atom is -0.394 e. The van der Waals surface area contributed by atoms with Crippen LogP contribution in [-0.2, 0) is 11.4 Å². The van der Waals surface area contributed by atoms with Crippen molar-refractivity contribution in [1.29, 1.82) is 0 Å². The standard InChI is InChI=1S/C20H22BrFN4O3/c1-12(2)10-26-11-23-19-16(26)9-15(20(28)25-29-8-7-27)18(17(19)22)24-14-5-3-13(21)4-6-14/h3-6,9,11-12,24,27H,7-8,10H2,1-2H3,(H,25,28). The van der Waals surface area contributed by atoms with Gasteiger partial charge in [0.1, 0.15) is 5.52 Å². The first-order valence-corrected chi connectivity index (χ1v) is 9.93. The fourth-order valence-electron chi connectivity index (χ4n) is 2.89. The molecular formula is C20H22BrFN4O3. The highest BCUT2D eigenvalue weighted by atomic mass is 79.9. The number of nitrogens with one attached hydrogen (secondary N) is 2. The van der Waals surface area contributed by atoms with Crippen LogP contribution in [0.4, 0.5) is 15.8 Å². The Kier molecular flexibility index (Phi) is 6.83. The minimum atomic E-state index is -0.629. The van der Waals surface area contributed by atoms with E-state index in [4.69, 9.17) is 9.94 Å². The van der Waals surface area contributed by atoms with Gasteiger partial charge in [0.15, 0.2) is 5.82 Å². The number of aromatic nitrogens is 2. The number of aliphatic hydroxyl groups is 1. The zero-order chi connectivity index (χ0) is 21.0. The second-order valence-electron chi connectivity index (χ2n) is 6.91. The number of fused-ring (bicyclic) bond motifs is 1. The summed E-state index contributed by atoms with van der Waals surface area (Å²) in [6, 6.07) is 8.72. The van der Waals surface area contributed by atoms with Crippen LogP contribution in [0.1, 0.15) is 24.2 Å². The van der Waals surface area contributed by atoms with Gasteiger partial charge < -0.3 is 15.0 Å². The molecule has 29 heavy (non-hydrogen) atoms. The van der Waals surface area contributed by atoms with Crippen molar-refractivity contribution in [1.82, 2.24) is 15.0 Å². The van der Waals surface area contributed by atoms with E-state index in [-0.39, 0.29) is 30.0 Å². The molecule has 0 aliphatic heterocycles. The van der Waals surface area contributed by atoms with E-state index in [1.54, 1.807) is 36.7 Å². The molecule has 0 bridgehead atoms. The Morgan fingerprint density at radius 3 is 2.72 bits per heavy atom. The zero-order valence-corrected chi connectivity index (χ0v) is 17.7. The van der Waals surface area contributed by atoms with Crippen molar-refractivity contribution in [2.45, 2.75) is 20.4 Å². The number of hydrogen-bond acceptors (Lipinski definition) is 5. The third-order valence-electron chi connectivity index (χ3n) is 4.13. The van der Waals surface area contributed by atoms with Gasteiger partial charge in [-0.1, -0.05) is 29.8 Å². The summed E-state index contributed by atoms with van der Waals surface area (Å²) in [5.74, 6) is -0.933. The molecule has 3 N–H and O–H groups in total. The SMILES string of the molecule is CC(C)Cn1cnc2c(F)c(Nc3ccc(Br)cc3)c(C(=O)NOCCO)cc21. The third-order valence-corrected chi connectivity index (χ3v) is 4.66. The summed E-state index contributed by atoms with van der Waals surface area (Å²) in [6.07, 6.45) is 1.57. The normalized spacial score (nSPS) is 11.2. The molecule has 3 rings (SSSR count). The van der Waals surface area contributed by atoms with Gasteiger partial charge in [0.05, 0.1) is 36.3 Å². The van der Waals surface area contributed by atoms with Crippen LogP contribution in [0.25, 0.3) is 11.0 Å². The number of carbonyl (C=O) groups is 1. The lowest BCUT2D eigenvalue weighted by molar-refractivity contribution is 0.0169. The molecule has 3 aromatic rings. The summed E-state index contributed by atoms with van der Waals surface area (Å²) in [5.41, 5.74) is 3.61. The number of anilines is 2. The Balaban J connectivity index is 2.08. The number of nitrogens with zero attached hydrogens (tertiary/aromatic N) is 2. The minimum absolute atomic E-state index is 0.000261. The highest BCUT2D eigenvalue weighted by molar-refractivity contribution is 9.10. The number of hydrogen-bond donors (Lipinski definition) is 3. The van der Waals surface area contributed by atoms with Crippen molar-refractivity contribution in [3.8, 4) is 0 Å². The van der Waals surface area contributed by atoms with E-state index in [1.807, 2.05) is 18.4 Å². The topological polar surface area (TPSA) is 88.4 Å². The Bertz CT molecular complexity index is 1010. The lowest BCUT2D eigenvalue weighted by Gasteiger charge is -2.15. The first-order valence-electron chi connectivity index (χ1n) is 9.13. The summed E-state index contributed by atoms with van der Waals surface area (Å²) < 4.78 is 18.1. The van der Waals surface area contributed by atoms with Crippen LogP contribution < -0.4 is 10.8 Å². The van der Waals surface area contributed by atoms with Crippen molar-refractivity contribution >= 4 is 44.2 Å². The van der Waals surface area contributed by atoms with Crippen molar-refractivity contribution in [2.24, 2.45) is 5.92 Å². The predicted molar refractivity (Wildman–Crippen MR) is 112 cm³/mol. The molecule has 1 amide bonds. The van der Waals surface area contributed by atoms with Crippen LogP contribution in [-0.4, -0.2) is 33.8 Å². The summed E-state index contributed by atoms with van der Waals surface area (Å²) in [7, 11) is 0. The maximum Gasteiger partial charge on any atom is 0.277 e. The molecule has 0 radical (unpaired) electrons. The first-order chi connectivity index (χ1) is 13.9. The van der Waals surface area contributed by atoms with Crippen molar-refractivity contribution in [3.63, 3.8) is 0 Å². The Hall–Kier alpha value is -2.49. The van der Waals surface area contributed by atoms with Gasteiger partial charge in [-0.2, -0.15) is 0 Å². The fourth-order valence-corrected chi connectivity index (χ4v) is 3.16. The van der Waals surface area contributed by atoms with E-state index in [2.05, 4.69) is 31.7 Å². The van der Waals surface area contributed by atoms with E-state index in [0.717, 1.165) is 4.47 Å². The number of halogens is 2. The number of benzene rings is 2. The molecule has 0 spiro atoms. The van der Waals surface area contributed by atoms with E-state index >= 15 is 4.39 Å². The van der Waals surface area contributed by atoms with Gasteiger partial charge in [0, 0.05) is 16.7 Å². The molecule has 0 aliphatic rings. The monoisotopic (exact) mass is 464 g/mol. The summed E-state index contributed by atoms with van der Waals surface area (Å²) in [4.78, 5) is 21.8. The Morgan fingerprint density at radius 1 is 1.34 bits per heavy atom. The molecule has 9 heteroatoms. The summed E-state index contributed by atoms with van der Waals surface area (Å²) in [6.45, 7) is 4.40. The first kappa shape index (κ1) is 21.2. The molecule has 0 saturated carbocycles. The number of aliphatic hydroxyl groups excluding tert-OH is 1. The maximum atomic E-state index is 15.4. The van der Waals surface area contributed by atoms with Gasteiger partial charge >= 0.3 is 0 Å². The van der Waals surface area contributed by atoms with Gasteiger partial charge in [0.2, 0.25) is 0 Å². The van der Waals surface area contributed by atoms with Crippen LogP contribution >= 0.6 is 15.9 Å². The van der Waals surface area contributed by atoms with Crippen LogP contribution in [0.5, 0.6) is 0 Å². The highest BCUT2D eigenvalue weighted by Crippen LogP contribution is 2.31. The fraction of sp³-hybridized carbons (Fsp3) is 0.300. The molecule has 1 heterocycles. The van der Waals surface area contributed by atoms with Gasteiger partial charge in [-0.25, -0.2) is 14.9 Å². The molecule has 0 saturated heterocycles. The molecule has 7 nitrogen and oxygen atoms in total.